The Morgan fingerprint density at radius 2 is 1.90 bits per heavy atom. The largest absolute Gasteiger partial charge is 0.380 e. The minimum absolute atomic E-state index is 0.0479. The normalized spacial score (nSPS) is 12.2. The number of hydrogen-bond donors (Lipinski definition) is 1. The van der Waals surface area contributed by atoms with E-state index < -0.39 is 5.82 Å². The molecule has 0 aliphatic carbocycles. The Balaban J connectivity index is 2.31. The second-order valence-electron chi connectivity index (χ2n) is 4.71. The number of rotatable bonds is 5. The zero-order chi connectivity index (χ0) is 15.4. The smallest absolute Gasteiger partial charge is 0.142 e. The summed E-state index contributed by atoms with van der Waals surface area (Å²) >= 11 is 12.2. The number of ether oxygens (including phenoxy) is 1. The van der Waals surface area contributed by atoms with Crippen LogP contribution in [0.15, 0.2) is 36.4 Å². The van der Waals surface area contributed by atoms with Gasteiger partial charge >= 0.3 is 0 Å². The van der Waals surface area contributed by atoms with Gasteiger partial charge in [0.2, 0.25) is 0 Å². The average Bonchev–Trinajstić information content (AvgIpc) is 2.46. The van der Waals surface area contributed by atoms with Gasteiger partial charge in [0.1, 0.15) is 5.82 Å². The molecule has 0 saturated heterocycles. The summed E-state index contributed by atoms with van der Waals surface area (Å²) in [6.45, 7) is 2.37. The maximum atomic E-state index is 13.6. The molecule has 0 saturated carbocycles. The topological polar surface area (TPSA) is 21.3 Å². The lowest BCUT2D eigenvalue weighted by Gasteiger charge is -2.20. The van der Waals surface area contributed by atoms with Gasteiger partial charge in [0.05, 0.1) is 17.7 Å². The number of anilines is 1. The second-order valence-corrected chi connectivity index (χ2v) is 5.50. The molecule has 1 atom stereocenters. The van der Waals surface area contributed by atoms with Crippen molar-refractivity contribution >= 4 is 28.9 Å². The van der Waals surface area contributed by atoms with Gasteiger partial charge in [-0.15, -0.1) is 0 Å². The quantitative estimate of drug-likeness (QED) is 0.737. The third-order valence-corrected chi connectivity index (χ3v) is 3.92. The van der Waals surface area contributed by atoms with Crippen molar-refractivity contribution in [2.24, 2.45) is 0 Å². The lowest BCUT2D eigenvalue weighted by atomic mass is 10.1. The fourth-order valence-corrected chi connectivity index (χ4v) is 2.89. The molecule has 112 valence electrons. The fraction of sp³-hybridized carbons (Fsp3) is 0.250. The lowest BCUT2D eigenvalue weighted by molar-refractivity contribution is 0.185. The van der Waals surface area contributed by atoms with Crippen molar-refractivity contribution in [3.8, 4) is 0 Å². The second kappa shape index (κ2) is 7.12. The summed E-state index contributed by atoms with van der Waals surface area (Å²) in [5.41, 5.74) is 2.46. The van der Waals surface area contributed by atoms with Gasteiger partial charge in [0.25, 0.3) is 0 Å². The van der Waals surface area contributed by atoms with Crippen LogP contribution in [0.1, 0.15) is 24.1 Å². The standard InChI is InChI=1S/C16H16Cl2FNO/c1-10(15-12(17)7-8-13(19)16(15)18)20-14-6-4-3-5-11(14)9-21-2/h3-8,10,20H,9H2,1-2H3. The molecule has 2 aromatic carbocycles. The Morgan fingerprint density at radius 1 is 1.19 bits per heavy atom. The third-order valence-electron chi connectivity index (χ3n) is 3.20. The van der Waals surface area contributed by atoms with Crippen molar-refractivity contribution in [2.75, 3.05) is 12.4 Å². The monoisotopic (exact) mass is 327 g/mol. The summed E-state index contributed by atoms with van der Waals surface area (Å²) in [7, 11) is 1.64. The zero-order valence-electron chi connectivity index (χ0n) is 11.8. The first kappa shape index (κ1) is 16.1. The maximum Gasteiger partial charge on any atom is 0.142 e. The van der Waals surface area contributed by atoms with E-state index >= 15 is 0 Å². The van der Waals surface area contributed by atoms with Gasteiger partial charge in [-0.3, -0.25) is 0 Å². The molecule has 2 rings (SSSR count). The summed E-state index contributed by atoms with van der Waals surface area (Å²) in [4.78, 5) is 0. The van der Waals surface area contributed by atoms with Gasteiger partial charge in [-0.1, -0.05) is 41.4 Å². The van der Waals surface area contributed by atoms with Crippen LogP contribution in [0.2, 0.25) is 10.0 Å². The van der Waals surface area contributed by atoms with Crippen LogP contribution in [0.25, 0.3) is 0 Å². The van der Waals surface area contributed by atoms with Crippen LogP contribution >= 0.6 is 23.2 Å². The molecule has 2 aromatic rings. The molecule has 2 nitrogen and oxygen atoms in total. The van der Waals surface area contributed by atoms with E-state index in [4.69, 9.17) is 27.9 Å². The van der Waals surface area contributed by atoms with Crippen LogP contribution in [0.4, 0.5) is 10.1 Å². The van der Waals surface area contributed by atoms with Crippen LogP contribution in [0.3, 0.4) is 0 Å². The molecule has 1 unspecified atom stereocenters. The first-order valence-corrected chi connectivity index (χ1v) is 7.27. The lowest BCUT2D eigenvalue weighted by Crippen LogP contribution is -2.10. The van der Waals surface area contributed by atoms with Crippen molar-refractivity contribution in [2.45, 2.75) is 19.6 Å². The minimum atomic E-state index is -0.477. The van der Waals surface area contributed by atoms with E-state index in [0.29, 0.717) is 17.2 Å². The number of methoxy groups -OCH3 is 1. The number of benzene rings is 2. The Hall–Kier alpha value is -1.29. The zero-order valence-corrected chi connectivity index (χ0v) is 13.3. The number of hydrogen-bond acceptors (Lipinski definition) is 2. The van der Waals surface area contributed by atoms with Crippen molar-refractivity contribution in [3.05, 3.63) is 63.4 Å². The molecule has 0 bridgehead atoms. The summed E-state index contributed by atoms with van der Waals surface area (Å²) in [6.07, 6.45) is 0. The highest BCUT2D eigenvalue weighted by molar-refractivity contribution is 6.36. The highest BCUT2D eigenvalue weighted by Crippen LogP contribution is 2.34. The van der Waals surface area contributed by atoms with Crippen LogP contribution in [-0.4, -0.2) is 7.11 Å². The van der Waals surface area contributed by atoms with E-state index in [2.05, 4.69) is 5.32 Å². The van der Waals surface area contributed by atoms with E-state index in [1.165, 1.54) is 12.1 Å². The molecule has 0 amide bonds. The van der Waals surface area contributed by atoms with Crippen LogP contribution in [0, 0.1) is 5.82 Å². The molecule has 0 aliphatic rings. The highest BCUT2D eigenvalue weighted by Gasteiger charge is 2.17. The Kier molecular flexibility index (Phi) is 5.45. The van der Waals surface area contributed by atoms with Gasteiger partial charge in [0.15, 0.2) is 0 Å². The van der Waals surface area contributed by atoms with Gasteiger partial charge in [-0.25, -0.2) is 4.39 Å². The van der Waals surface area contributed by atoms with E-state index in [1.807, 2.05) is 31.2 Å². The van der Waals surface area contributed by atoms with E-state index in [-0.39, 0.29) is 11.1 Å². The Bertz CT molecular complexity index is 634. The van der Waals surface area contributed by atoms with Gasteiger partial charge in [-0.2, -0.15) is 0 Å². The average molecular weight is 328 g/mol. The molecule has 0 aromatic heterocycles. The number of halogens is 3. The van der Waals surface area contributed by atoms with Crippen LogP contribution < -0.4 is 5.32 Å². The molecular formula is C16H16Cl2FNO. The molecule has 0 aliphatic heterocycles. The molecule has 5 heteroatoms. The summed E-state index contributed by atoms with van der Waals surface area (Å²) in [6, 6.07) is 10.3. The number of para-hydroxylation sites is 1. The molecule has 21 heavy (non-hydrogen) atoms. The Labute approximate surface area is 133 Å². The van der Waals surface area contributed by atoms with E-state index in [9.17, 15) is 4.39 Å². The van der Waals surface area contributed by atoms with Crippen LogP contribution in [0.5, 0.6) is 0 Å². The van der Waals surface area contributed by atoms with Crippen molar-refractivity contribution < 1.29 is 9.13 Å². The molecule has 0 spiro atoms. The first-order valence-electron chi connectivity index (χ1n) is 6.51. The maximum absolute atomic E-state index is 13.6. The molecule has 0 fully saturated rings. The molecule has 0 heterocycles. The van der Waals surface area contributed by atoms with Gasteiger partial charge in [0, 0.05) is 28.9 Å². The number of nitrogens with one attached hydrogen (secondary N) is 1. The molecule has 0 radical (unpaired) electrons. The van der Waals surface area contributed by atoms with Gasteiger partial charge in [-0.05, 0) is 25.1 Å². The summed E-state index contributed by atoms with van der Waals surface area (Å²) < 4.78 is 18.8. The third kappa shape index (κ3) is 3.67. The van der Waals surface area contributed by atoms with E-state index in [1.54, 1.807) is 7.11 Å². The van der Waals surface area contributed by atoms with Crippen molar-refractivity contribution in [1.29, 1.82) is 0 Å². The van der Waals surface area contributed by atoms with E-state index in [0.717, 1.165) is 11.3 Å². The van der Waals surface area contributed by atoms with Crippen molar-refractivity contribution in [1.82, 2.24) is 0 Å². The summed E-state index contributed by atoms with van der Waals surface area (Å²) in [5.74, 6) is -0.477. The van der Waals surface area contributed by atoms with Crippen LogP contribution in [-0.2, 0) is 11.3 Å². The molecular weight excluding hydrogens is 312 g/mol. The van der Waals surface area contributed by atoms with Crippen molar-refractivity contribution in [3.63, 3.8) is 0 Å². The Morgan fingerprint density at radius 3 is 2.62 bits per heavy atom. The van der Waals surface area contributed by atoms with Gasteiger partial charge < -0.3 is 10.1 Å². The highest BCUT2D eigenvalue weighted by atomic mass is 35.5. The predicted molar refractivity (Wildman–Crippen MR) is 85.6 cm³/mol. The first-order chi connectivity index (χ1) is 10.0. The fourth-order valence-electron chi connectivity index (χ4n) is 2.19. The SMILES string of the molecule is COCc1ccccc1NC(C)c1c(Cl)ccc(F)c1Cl. The minimum Gasteiger partial charge on any atom is -0.380 e. The summed E-state index contributed by atoms with van der Waals surface area (Å²) in [5, 5.41) is 3.79. The molecule has 1 N–H and O–H groups in total. The predicted octanol–water partition coefficient (Wildman–Crippen LogP) is 5.45.